The van der Waals surface area contributed by atoms with Gasteiger partial charge >= 0.3 is 0 Å². The molecule has 2 rings (SSSR count). The third-order valence-corrected chi connectivity index (χ3v) is 3.76. The Bertz CT molecular complexity index is 414. The van der Waals surface area contributed by atoms with Crippen molar-refractivity contribution in [3.8, 4) is 0 Å². The van der Waals surface area contributed by atoms with Gasteiger partial charge in [-0.25, -0.2) is 0 Å². The first-order chi connectivity index (χ1) is 8.18. The maximum absolute atomic E-state index is 11.2. The molecule has 0 atom stereocenters. The van der Waals surface area contributed by atoms with Crippen molar-refractivity contribution in [2.24, 2.45) is 5.73 Å². The van der Waals surface area contributed by atoms with E-state index in [4.69, 9.17) is 5.73 Å². The van der Waals surface area contributed by atoms with E-state index in [1.807, 2.05) is 12.1 Å². The van der Waals surface area contributed by atoms with E-state index in [9.17, 15) is 4.79 Å². The summed E-state index contributed by atoms with van der Waals surface area (Å²) in [5, 5.41) is 0. The number of nitrogens with zero attached hydrogens (tertiary/aromatic N) is 1. The van der Waals surface area contributed by atoms with E-state index in [0.717, 1.165) is 30.1 Å². The molecule has 1 aliphatic heterocycles. The van der Waals surface area contributed by atoms with Crippen molar-refractivity contribution in [2.75, 3.05) is 13.1 Å². The summed E-state index contributed by atoms with van der Waals surface area (Å²) in [6.07, 6.45) is 3.85. The zero-order chi connectivity index (χ0) is 12.3. The van der Waals surface area contributed by atoms with Crippen LogP contribution in [0.1, 0.15) is 35.2 Å². The molecular formula is C13H18N2OS. The molecule has 1 heterocycles. The molecule has 1 aromatic carbocycles. The topological polar surface area (TPSA) is 46.3 Å². The Kier molecular flexibility index (Phi) is 4.07. The molecule has 0 unspecified atom stereocenters. The largest absolute Gasteiger partial charge is 0.366 e. The smallest absolute Gasteiger partial charge is 0.249 e. The van der Waals surface area contributed by atoms with Crippen molar-refractivity contribution < 1.29 is 4.79 Å². The molecule has 0 aliphatic carbocycles. The van der Waals surface area contributed by atoms with Gasteiger partial charge < -0.3 is 5.73 Å². The molecular weight excluding hydrogens is 232 g/mol. The number of amides is 1. The van der Waals surface area contributed by atoms with E-state index in [0.29, 0.717) is 5.56 Å². The van der Waals surface area contributed by atoms with Crippen molar-refractivity contribution in [1.82, 2.24) is 4.90 Å². The molecule has 17 heavy (non-hydrogen) atoms. The van der Waals surface area contributed by atoms with Crippen molar-refractivity contribution in [1.29, 1.82) is 0 Å². The molecule has 0 radical (unpaired) electrons. The molecule has 1 amide bonds. The summed E-state index contributed by atoms with van der Waals surface area (Å²) in [5.41, 5.74) is 6.92. The zero-order valence-corrected chi connectivity index (χ0v) is 10.7. The lowest BCUT2D eigenvalue weighted by atomic mass is 10.1. The normalized spacial score (nSPS) is 17.0. The van der Waals surface area contributed by atoms with Crippen LogP contribution in [0.25, 0.3) is 0 Å². The van der Waals surface area contributed by atoms with Crippen LogP contribution in [0.4, 0.5) is 0 Å². The predicted octanol–water partition coefficient (Wildman–Crippen LogP) is 2.06. The third kappa shape index (κ3) is 3.01. The number of benzene rings is 1. The maximum Gasteiger partial charge on any atom is 0.249 e. The van der Waals surface area contributed by atoms with Gasteiger partial charge in [-0.05, 0) is 37.6 Å². The zero-order valence-electron chi connectivity index (χ0n) is 9.85. The number of rotatable bonds is 3. The predicted molar refractivity (Wildman–Crippen MR) is 71.3 cm³/mol. The first-order valence-electron chi connectivity index (χ1n) is 6.01. The van der Waals surface area contributed by atoms with E-state index in [-0.39, 0.29) is 0 Å². The second-order valence-electron chi connectivity index (χ2n) is 4.51. The van der Waals surface area contributed by atoms with Gasteiger partial charge in [0.1, 0.15) is 0 Å². The number of thiol groups is 1. The van der Waals surface area contributed by atoms with Gasteiger partial charge in [-0.3, -0.25) is 9.69 Å². The van der Waals surface area contributed by atoms with E-state index in [2.05, 4.69) is 17.5 Å². The number of carbonyl (C=O) groups excluding carboxylic acids is 1. The van der Waals surface area contributed by atoms with Crippen LogP contribution in [0.2, 0.25) is 0 Å². The summed E-state index contributed by atoms with van der Waals surface area (Å²) in [4.78, 5) is 14.4. The van der Waals surface area contributed by atoms with Crippen LogP contribution in [0.15, 0.2) is 23.1 Å². The lowest BCUT2D eigenvalue weighted by Gasteiger charge is -2.27. The molecule has 3 nitrogen and oxygen atoms in total. The average Bonchev–Trinajstić information content (AvgIpc) is 2.33. The monoisotopic (exact) mass is 250 g/mol. The third-order valence-electron chi connectivity index (χ3n) is 3.23. The number of hydrogen-bond acceptors (Lipinski definition) is 3. The molecule has 1 aromatic rings. The highest BCUT2D eigenvalue weighted by Gasteiger charge is 2.14. The van der Waals surface area contributed by atoms with Gasteiger partial charge in [0.2, 0.25) is 5.91 Å². The minimum Gasteiger partial charge on any atom is -0.366 e. The van der Waals surface area contributed by atoms with Gasteiger partial charge in [0.15, 0.2) is 0 Å². The Morgan fingerprint density at radius 2 is 2.00 bits per heavy atom. The molecule has 0 aromatic heterocycles. The van der Waals surface area contributed by atoms with Crippen molar-refractivity contribution in [3.63, 3.8) is 0 Å². The number of likely N-dealkylation sites (tertiary alicyclic amines) is 1. The number of piperidine rings is 1. The van der Waals surface area contributed by atoms with Crippen LogP contribution in [0.3, 0.4) is 0 Å². The van der Waals surface area contributed by atoms with Crippen LogP contribution in [-0.2, 0) is 6.54 Å². The fourth-order valence-electron chi connectivity index (χ4n) is 2.28. The quantitative estimate of drug-likeness (QED) is 0.807. The highest BCUT2D eigenvalue weighted by molar-refractivity contribution is 7.80. The van der Waals surface area contributed by atoms with Crippen molar-refractivity contribution >= 4 is 18.5 Å². The molecule has 0 saturated carbocycles. The van der Waals surface area contributed by atoms with Crippen LogP contribution < -0.4 is 5.73 Å². The summed E-state index contributed by atoms with van der Waals surface area (Å²) in [6.45, 7) is 3.13. The summed E-state index contributed by atoms with van der Waals surface area (Å²) in [5.74, 6) is -0.407. The molecule has 2 N–H and O–H groups in total. The average molecular weight is 250 g/mol. The number of hydrogen-bond donors (Lipinski definition) is 2. The summed E-state index contributed by atoms with van der Waals surface area (Å²) < 4.78 is 0. The van der Waals surface area contributed by atoms with Gasteiger partial charge in [0.25, 0.3) is 0 Å². The first-order valence-corrected chi connectivity index (χ1v) is 6.46. The molecule has 4 heteroatoms. The number of nitrogens with two attached hydrogens (primary N) is 1. The van der Waals surface area contributed by atoms with E-state index >= 15 is 0 Å². The van der Waals surface area contributed by atoms with E-state index in [1.165, 1.54) is 19.3 Å². The fraction of sp³-hybridized carbons (Fsp3) is 0.462. The molecule has 1 aliphatic rings. The molecule has 92 valence electrons. The lowest BCUT2D eigenvalue weighted by Crippen LogP contribution is -2.29. The maximum atomic E-state index is 11.2. The van der Waals surface area contributed by atoms with E-state index < -0.39 is 5.91 Å². The molecule has 1 fully saturated rings. The molecule has 1 saturated heterocycles. The summed E-state index contributed by atoms with van der Waals surface area (Å²) in [7, 11) is 0. The Morgan fingerprint density at radius 3 is 2.65 bits per heavy atom. The van der Waals surface area contributed by atoms with Crippen LogP contribution in [0.5, 0.6) is 0 Å². The highest BCUT2D eigenvalue weighted by Crippen LogP contribution is 2.22. The van der Waals surface area contributed by atoms with Crippen LogP contribution >= 0.6 is 12.6 Å². The van der Waals surface area contributed by atoms with Crippen molar-refractivity contribution in [2.45, 2.75) is 30.7 Å². The molecule has 0 bridgehead atoms. The van der Waals surface area contributed by atoms with Gasteiger partial charge in [0, 0.05) is 11.4 Å². The van der Waals surface area contributed by atoms with Crippen molar-refractivity contribution in [3.05, 3.63) is 29.3 Å². The Hall–Kier alpha value is -1.00. The molecule has 0 spiro atoms. The number of primary amides is 1. The van der Waals surface area contributed by atoms with Gasteiger partial charge in [-0.15, -0.1) is 12.6 Å². The Labute approximate surface area is 107 Å². The summed E-state index contributed by atoms with van der Waals surface area (Å²) >= 11 is 4.42. The first kappa shape index (κ1) is 12.5. The minimum atomic E-state index is -0.407. The van der Waals surface area contributed by atoms with Crippen LogP contribution in [-0.4, -0.2) is 23.9 Å². The SMILES string of the molecule is NC(=O)c1cccc(CN2CCCCC2)c1S. The number of carbonyl (C=O) groups is 1. The van der Waals surface area contributed by atoms with Gasteiger partial charge in [-0.2, -0.15) is 0 Å². The van der Waals surface area contributed by atoms with Gasteiger partial charge in [-0.1, -0.05) is 18.6 Å². The Morgan fingerprint density at radius 1 is 1.29 bits per heavy atom. The standard InChI is InChI=1S/C13H18N2OS/c14-13(16)11-6-4-5-10(12(11)17)9-15-7-2-1-3-8-15/h4-6,17H,1-3,7-9H2,(H2,14,16). The van der Waals surface area contributed by atoms with E-state index in [1.54, 1.807) is 6.07 Å². The lowest BCUT2D eigenvalue weighted by molar-refractivity contribution is 0.0997. The Balaban J connectivity index is 2.15. The van der Waals surface area contributed by atoms with Gasteiger partial charge in [0.05, 0.1) is 5.56 Å². The van der Waals surface area contributed by atoms with Crippen LogP contribution in [0, 0.1) is 0 Å². The highest BCUT2D eigenvalue weighted by atomic mass is 32.1. The minimum absolute atomic E-state index is 0.407. The summed E-state index contributed by atoms with van der Waals surface area (Å²) in [6, 6.07) is 5.62. The second-order valence-corrected chi connectivity index (χ2v) is 4.96. The fourth-order valence-corrected chi connectivity index (χ4v) is 2.61. The second kappa shape index (κ2) is 5.56.